The van der Waals surface area contributed by atoms with Crippen molar-refractivity contribution in [1.82, 2.24) is 14.6 Å². The lowest BCUT2D eigenvalue weighted by Gasteiger charge is -1.97. The highest BCUT2D eigenvalue weighted by atomic mass is 35.5. The van der Waals surface area contributed by atoms with E-state index in [2.05, 4.69) is 10.1 Å². The van der Waals surface area contributed by atoms with E-state index in [1.165, 1.54) is 12.8 Å². The average Bonchev–Trinajstić information content (AvgIpc) is 2.93. The first kappa shape index (κ1) is 8.24. The normalized spacial score (nSPS) is 16.4. The summed E-state index contributed by atoms with van der Waals surface area (Å²) in [4.78, 5) is 4.44. The summed E-state index contributed by atoms with van der Waals surface area (Å²) in [5, 5.41) is 5.08. The summed E-state index contributed by atoms with van der Waals surface area (Å²) >= 11 is 6.12. The van der Waals surface area contributed by atoms with Gasteiger partial charge in [0.1, 0.15) is 5.15 Å². The van der Waals surface area contributed by atoms with Gasteiger partial charge in [-0.1, -0.05) is 17.7 Å². The van der Waals surface area contributed by atoms with E-state index < -0.39 is 0 Å². The van der Waals surface area contributed by atoms with Gasteiger partial charge in [0.25, 0.3) is 0 Å². The molecule has 0 unspecified atom stereocenters. The molecule has 4 heteroatoms. The van der Waals surface area contributed by atoms with Crippen LogP contribution >= 0.6 is 11.6 Å². The van der Waals surface area contributed by atoms with Crippen LogP contribution in [0, 0.1) is 6.92 Å². The second-order valence-corrected chi connectivity index (χ2v) is 4.18. The topological polar surface area (TPSA) is 30.2 Å². The highest BCUT2D eigenvalue weighted by Crippen LogP contribution is 2.38. The molecule has 2 aromatic heterocycles. The molecular formula is C10H10ClN3. The molecule has 0 aliphatic heterocycles. The summed E-state index contributed by atoms with van der Waals surface area (Å²) in [6.45, 7) is 1.97. The Morgan fingerprint density at radius 2 is 2.21 bits per heavy atom. The first-order chi connectivity index (χ1) is 6.75. The second kappa shape index (κ2) is 2.70. The Hall–Kier alpha value is -1.09. The van der Waals surface area contributed by atoms with Crippen molar-refractivity contribution in [1.29, 1.82) is 0 Å². The first-order valence-electron chi connectivity index (χ1n) is 4.77. The van der Waals surface area contributed by atoms with E-state index in [9.17, 15) is 0 Å². The zero-order valence-corrected chi connectivity index (χ0v) is 8.62. The van der Waals surface area contributed by atoms with Crippen molar-refractivity contribution < 1.29 is 0 Å². The van der Waals surface area contributed by atoms with Crippen LogP contribution in [0.25, 0.3) is 5.65 Å². The smallest absolute Gasteiger partial charge is 0.157 e. The van der Waals surface area contributed by atoms with Crippen LogP contribution < -0.4 is 0 Å². The van der Waals surface area contributed by atoms with Gasteiger partial charge in [-0.15, -0.1) is 5.10 Å². The molecule has 1 aliphatic rings. The molecule has 0 radical (unpaired) electrons. The summed E-state index contributed by atoms with van der Waals surface area (Å²) in [5.74, 6) is 1.52. The molecule has 72 valence electrons. The van der Waals surface area contributed by atoms with Crippen molar-refractivity contribution in [3.05, 3.63) is 28.7 Å². The van der Waals surface area contributed by atoms with Gasteiger partial charge in [0.05, 0.1) is 0 Å². The van der Waals surface area contributed by atoms with E-state index in [0.29, 0.717) is 11.1 Å². The number of aromatic nitrogens is 3. The average molecular weight is 208 g/mol. The van der Waals surface area contributed by atoms with Crippen molar-refractivity contribution in [3.8, 4) is 0 Å². The maximum Gasteiger partial charge on any atom is 0.157 e. The monoisotopic (exact) mass is 207 g/mol. The van der Waals surface area contributed by atoms with Gasteiger partial charge < -0.3 is 0 Å². The van der Waals surface area contributed by atoms with Crippen molar-refractivity contribution >= 4 is 17.2 Å². The van der Waals surface area contributed by atoms with Gasteiger partial charge in [0, 0.05) is 5.92 Å². The van der Waals surface area contributed by atoms with Crippen molar-refractivity contribution in [3.63, 3.8) is 0 Å². The molecule has 3 nitrogen and oxygen atoms in total. The van der Waals surface area contributed by atoms with Crippen LogP contribution in [0.3, 0.4) is 0 Å². The number of aryl methyl sites for hydroxylation is 1. The summed E-state index contributed by atoms with van der Waals surface area (Å²) in [5.41, 5.74) is 1.88. The molecule has 0 saturated heterocycles. The summed E-state index contributed by atoms with van der Waals surface area (Å²) in [7, 11) is 0. The SMILES string of the molecule is Cc1ccc2nc(C3CC3)nn2c1Cl. The molecule has 2 aromatic rings. The number of hydrogen-bond acceptors (Lipinski definition) is 2. The minimum Gasteiger partial charge on any atom is -0.212 e. The molecule has 0 amide bonds. The standard InChI is InChI=1S/C10H10ClN3/c1-6-2-5-8-12-10(7-3-4-7)13-14(8)9(6)11/h2,5,7H,3-4H2,1H3. The van der Waals surface area contributed by atoms with E-state index in [4.69, 9.17) is 11.6 Å². The van der Waals surface area contributed by atoms with Crippen LogP contribution in [0.15, 0.2) is 12.1 Å². The molecule has 3 rings (SSSR count). The van der Waals surface area contributed by atoms with Gasteiger partial charge >= 0.3 is 0 Å². The molecule has 0 aromatic carbocycles. The van der Waals surface area contributed by atoms with Gasteiger partial charge in [-0.3, -0.25) is 0 Å². The fourth-order valence-corrected chi connectivity index (χ4v) is 1.73. The van der Waals surface area contributed by atoms with Gasteiger partial charge in [0.15, 0.2) is 11.5 Å². The maximum atomic E-state index is 6.12. The second-order valence-electron chi connectivity index (χ2n) is 3.82. The fourth-order valence-electron chi connectivity index (χ4n) is 1.54. The number of fused-ring (bicyclic) bond motifs is 1. The summed E-state index contributed by atoms with van der Waals surface area (Å²) in [6, 6.07) is 3.93. The molecule has 0 spiro atoms. The van der Waals surface area contributed by atoms with Gasteiger partial charge in [-0.25, -0.2) is 9.50 Å². The Morgan fingerprint density at radius 3 is 2.93 bits per heavy atom. The third-order valence-electron chi connectivity index (χ3n) is 2.58. The van der Waals surface area contributed by atoms with E-state index in [1.807, 2.05) is 19.1 Å². The van der Waals surface area contributed by atoms with E-state index >= 15 is 0 Å². The Bertz CT molecular complexity index is 499. The lowest BCUT2D eigenvalue weighted by Crippen LogP contribution is -1.92. The van der Waals surface area contributed by atoms with E-state index in [1.54, 1.807) is 4.52 Å². The fraction of sp³-hybridized carbons (Fsp3) is 0.400. The van der Waals surface area contributed by atoms with E-state index in [-0.39, 0.29) is 0 Å². The van der Waals surface area contributed by atoms with Crippen LogP contribution in [-0.4, -0.2) is 14.6 Å². The summed E-state index contributed by atoms with van der Waals surface area (Å²) < 4.78 is 1.73. The lowest BCUT2D eigenvalue weighted by molar-refractivity contribution is 0.875. The van der Waals surface area contributed by atoms with Crippen molar-refractivity contribution in [2.75, 3.05) is 0 Å². The Labute approximate surface area is 86.7 Å². The molecule has 1 aliphatic carbocycles. The molecule has 0 N–H and O–H groups in total. The quantitative estimate of drug-likeness (QED) is 0.673. The van der Waals surface area contributed by atoms with Crippen molar-refractivity contribution in [2.24, 2.45) is 0 Å². The molecule has 14 heavy (non-hydrogen) atoms. The Balaban J connectivity index is 2.26. The van der Waals surface area contributed by atoms with Crippen LogP contribution in [0.5, 0.6) is 0 Å². The minimum atomic E-state index is 0.575. The van der Waals surface area contributed by atoms with E-state index in [0.717, 1.165) is 17.0 Å². The van der Waals surface area contributed by atoms with Gasteiger partial charge in [0.2, 0.25) is 0 Å². The molecule has 0 atom stereocenters. The first-order valence-corrected chi connectivity index (χ1v) is 5.15. The zero-order chi connectivity index (χ0) is 9.71. The Morgan fingerprint density at radius 1 is 1.43 bits per heavy atom. The molecule has 0 bridgehead atoms. The van der Waals surface area contributed by atoms with Gasteiger partial charge in [-0.05, 0) is 31.4 Å². The number of pyridine rings is 1. The maximum absolute atomic E-state index is 6.12. The zero-order valence-electron chi connectivity index (χ0n) is 7.87. The Kier molecular flexibility index (Phi) is 1.59. The van der Waals surface area contributed by atoms with Crippen molar-refractivity contribution in [2.45, 2.75) is 25.7 Å². The highest BCUT2D eigenvalue weighted by molar-refractivity contribution is 6.30. The largest absolute Gasteiger partial charge is 0.212 e. The number of rotatable bonds is 1. The number of nitrogens with zero attached hydrogens (tertiary/aromatic N) is 3. The van der Waals surface area contributed by atoms with Crippen LogP contribution in [-0.2, 0) is 0 Å². The molecular weight excluding hydrogens is 198 g/mol. The molecule has 2 heterocycles. The van der Waals surface area contributed by atoms with Crippen LogP contribution in [0.2, 0.25) is 5.15 Å². The number of halogens is 1. The minimum absolute atomic E-state index is 0.575. The van der Waals surface area contributed by atoms with Gasteiger partial charge in [-0.2, -0.15) is 0 Å². The molecule has 1 fully saturated rings. The van der Waals surface area contributed by atoms with Crippen LogP contribution in [0.4, 0.5) is 0 Å². The number of hydrogen-bond donors (Lipinski definition) is 0. The summed E-state index contributed by atoms with van der Waals surface area (Å²) in [6.07, 6.45) is 2.43. The van der Waals surface area contributed by atoms with Crippen LogP contribution in [0.1, 0.15) is 30.1 Å². The predicted octanol–water partition coefficient (Wildman–Crippen LogP) is 2.57. The highest BCUT2D eigenvalue weighted by Gasteiger charge is 2.28. The third-order valence-corrected chi connectivity index (χ3v) is 3.04. The molecule has 1 saturated carbocycles. The predicted molar refractivity (Wildman–Crippen MR) is 54.7 cm³/mol. The third kappa shape index (κ3) is 1.12. The lowest BCUT2D eigenvalue weighted by atomic mass is 10.3.